The van der Waals surface area contributed by atoms with E-state index in [1.54, 1.807) is 0 Å². The van der Waals surface area contributed by atoms with E-state index in [2.05, 4.69) is 0 Å². The smallest absolute Gasteiger partial charge is 0.254 e. The quantitative estimate of drug-likeness (QED) is 0.551. The van der Waals surface area contributed by atoms with Crippen molar-refractivity contribution in [3.8, 4) is 0 Å². The van der Waals surface area contributed by atoms with E-state index in [1.165, 1.54) is 28.2 Å². The van der Waals surface area contributed by atoms with Crippen LogP contribution in [0.5, 0.6) is 0 Å². The Balaban J connectivity index is 4.46. The van der Waals surface area contributed by atoms with Crippen molar-refractivity contribution in [2.45, 2.75) is 12.2 Å². The zero-order chi connectivity index (χ0) is 11.5. The zero-order valence-corrected chi connectivity index (χ0v) is 8.76. The predicted molar refractivity (Wildman–Crippen MR) is 49.4 cm³/mol. The molecule has 2 atom stereocenters. The van der Waals surface area contributed by atoms with Gasteiger partial charge < -0.3 is 20.0 Å². The molecule has 2 amide bonds. The number of likely N-dealkylation sites (N-methyl/N-ethyl adjacent to an activating group) is 2. The molecule has 0 aromatic carbocycles. The van der Waals surface area contributed by atoms with Gasteiger partial charge in [-0.1, -0.05) is 0 Å². The minimum atomic E-state index is -1.71. The van der Waals surface area contributed by atoms with Crippen LogP contribution in [-0.4, -0.2) is 72.2 Å². The molecule has 0 aliphatic rings. The summed E-state index contributed by atoms with van der Waals surface area (Å²) in [6, 6.07) is 0. The maximum Gasteiger partial charge on any atom is 0.254 e. The Kier molecular flexibility index (Phi) is 4.52. The monoisotopic (exact) mass is 204 g/mol. The molecule has 0 fully saturated rings. The molecular formula is C8H16N2O4. The standard InChI is InChI=1S/C8H16N2O4/c1-9(2)7(13)5(11)6(12)8(14)10(3)4/h5-6,11-12H,1-4H3/t5-,6-/m0/s1. The number of rotatable bonds is 3. The maximum absolute atomic E-state index is 11.2. The minimum Gasteiger partial charge on any atom is -0.380 e. The number of amides is 2. The number of nitrogens with zero attached hydrogens (tertiary/aromatic N) is 2. The van der Waals surface area contributed by atoms with Crippen LogP contribution in [0.25, 0.3) is 0 Å². The molecule has 0 spiro atoms. The van der Waals surface area contributed by atoms with E-state index >= 15 is 0 Å². The van der Waals surface area contributed by atoms with E-state index in [9.17, 15) is 19.8 Å². The highest BCUT2D eigenvalue weighted by molar-refractivity contribution is 5.90. The molecule has 0 aliphatic heterocycles. The normalized spacial score (nSPS) is 14.4. The third-order valence-electron chi connectivity index (χ3n) is 1.69. The first kappa shape index (κ1) is 12.9. The predicted octanol–water partition coefficient (Wildman–Crippen LogP) is -2.12. The van der Waals surface area contributed by atoms with Crippen molar-refractivity contribution in [1.29, 1.82) is 0 Å². The van der Waals surface area contributed by atoms with Crippen molar-refractivity contribution in [1.82, 2.24) is 9.80 Å². The van der Waals surface area contributed by atoms with Crippen molar-refractivity contribution in [2.75, 3.05) is 28.2 Å². The number of aliphatic hydroxyl groups is 2. The van der Waals surface area contributed by atoms with Gasteiger partial charge in [-0.05, 0) is 0 Å². The average Bonchev–Trinajstić information content (AvgIpc) is 2.12. The summed E-state index contributed by atoms with van der Waals surface area (Å²) in [5, 5.41) is 18.6. The molecule has 0 saturated heterocycles. The average molecular weight is 204 g/mol. The molecule has 6 nitrogen and oxygen atoms in total. The number of carbonyl (C=O) groups excluding carboxylic acids is 2. The lowest BCUT2D eigenvalue weighted by Crippen LogP contribution is -2.48. The van der Waals surface area contributed by atoms with Crippen LogP contribution in [0.15, 0.2) is 0 Å². The fourth-order valence-electron chi connectivity index (χ4n) is 0.799. The van der Waals surface area contributed by atoms with Crippen molar-refractivity contribution in [3.05, 3.63) is 0 Å². The first-order valence-corrected chi connectivity index (χ1v) is 4.07. The molecule has 82 valence electrons. The second-order valence-electron chi connectivity index (χ2n) is 3.36. The summed E-state index contributed by atoms with van der Waals surface area (Å²) >= 11 is 0. The lowest BCUT2D eigenvalue weighted by Gasteiger charge is -2.22. The number of hydrogen-bond acceptors (Lipinski definition) is 4. The fraction of sp³-hybridized carbons (Fsp3) is 0.750. The number of carbonyl (C=O) groups is 2. The summed E-state index contributed by atoms with van der Waals surface area (Å²) in [5.41, 5.74) is 0. The van der Waals surface area contributed by atoms with Crippen LogP contribution in [0.2, 0.25) is 0 Å². The van der Waals surface area contributed by atoms with Gasteiger partial charge in [-0.25, -0.2) is 0 Å². The molecule has 6 heteroatoms. The number of hydrogen-bond donors (Lipinski definition) is 2. The van der Waals surface area contributed by atoms with Crippen LogP contribution in [-0.2, 0) is 9.59 Å². The summed E-state index contributed by atoms with van der Waals surface area (Å²) in [5.74, 6) is -1.40. The third-order valence-corrected chi connectivity index (χ3v) is 1.69. The first-order chi connectivity index (χ1) is 6.29. The van der Waals surface area contributed by atoms with Crippen LogP contribution < -0.4 is 0 Å². The Hall–Kier alpha value is -1.14. The van der Waals surface area contributed by atoms with Gasteiger partial charge in [-0.2, -0.15) is 0 Å². The molecule has 0 rings (SSSR count). The van der Waals surface area contributed by atoms with Gasteiger partial charge in [0.15, 0.2) is 12.2 Å². The van der Waals surface area contributed by atoms with E-state index in [0.717, 1.165) is 9.80 Å². The Morgan fingerprint density at radius 2 is 1.07 bits per heavy atom. The van der Waals surface area contributed by atoms with Crippen molar-refractivity contribution in [2.24, 2.45) is 0 Å². The van der Waals surface area contributed by atoms with Gasteiger partial charge >= 0.3 is 0 Å². The van der Waals surface area contributed by atoms with E-state index in [1.807, 2.05) is 0 Å². The molecule has 0 aromatic rings. The van der Waals surface area contributed by atoms with Crippen LogP contribution in [0, 0.1) is 0 Å². The number of aliphatic hydroxyl groups excluding tert-OH is 2. The summed E-state index contributed by atoms with van der Waals surface area (Å²) in [4.78, 5) is 24.5. The van der Waals surface area contributed by atoms with Crippen molar-refractivity contribution < 1.29 is 19.8 Å². The highest BCUT2D eigenvalue weighted by Crippen LogP contribution is 2.00. The van der Waals surface area contributed by atoms with Gasteiger partial charge in [0.05, 0.1) is 0 Å². The second kappa shape index (κ2) is 4.92. The molecule has 0 unspecified atom stereocenters. The Labute approximate surface area is 82.7 Å². The third kappa shape index (κ3) is 2.97. The molecule has 0 saturated carbocycles. The molecule has 0 heterocycles. The highest BCUT2D eigenvalue weighted by atomic mass is 16.3. The highest BCUT2D eigenvalue weighted by Gasteiger charge is 2.31. The van der Waals surface area contributed by atoms with Gasteiger partial charge in [0.1, 0.15) is 0 Å². The Morgan fingerprint density at radius 1 is 0.857 bits per heavy atom. The zero-order valence-electron chi connectivity index (χ0n) is 8.76. The topological polar surface area (TPSA) is 81.1 Å². The summed E-state index contributed by atoms with van der Waals surface area (Å²) in [6.45, 7) is 0. The summed E-state index contributed by atoms with van der Waals surface area (Å²) < 4.78 is 0. The van der Waals surface area contributed by atoms with Crippen molar-refractivity contribution in [3.63, 3.8) is 0 Å². The first-order valence-electron chi connectivity index (χ1n) is 4.07. The Morgan fingerprint density at radius 3 is 1.21 bits per heavy atom. The lowest BCUT2D eigenvalue weighted by molar-refractivity contribution is -0.155. The van der Waals surface area contributed by atoms with Crippen LogP contribution in [0.1, 0.15) is 0 Å². The molecule has 0 radical (unpaired) electrons. The minimum absolute atomic E-state index is 0.701. The van der Waals surface area contributed by atoms with Crippen molar-refractivity contribution >= 4 is 11.8 Å². The van der Waals surface area contributed by atoms with Crippen LogP contribution in [0.4, 0.5) is 0 Å². The van der Waals surface area contributed by atoms with E-state index in [0.29, 0.717) is 0 Å². The molecular weight excluding hydrogens is 188 g/mol. The van der Waals surface area contributed by atoms with E-state index < -0.39 is 24.0 Å². The Bertz CT molecular complexity index is 203. The molecule has 0 bridgehead atoms. The van der Waals surface area contributed by atoms with Gasteiger partial charge in [0.2, 0.25) is 0 Å². The second-order valence-corrected chi connectivity index (χ2v) is 3.36. The maximum atomic E-state index is 11.2. The molecule has 14 heavy (non-hydrogen) atoms. The van der Waals surface area contributed by atoms with E-state index in [4.69, 9.17) is 0 Å². The van der Waals surface area contributed by atoms with Crippen LogP contribution in [0.3, 0.4) is 0 Å². The SMILES string of the molecule is CN(C)C(=O)[C@@H](O)[C@H](O)C(=O)N(C)C. The van der Waals surface area contributed by atoms with Gasteiger partial charge in [0.25, 0.3) is 11.8 Å². The fourth-order valence-corrected chi connectivity index (χ4v) is 0.799. The lowest BCUT2D eigenvalue weighted by atomic mass is 10.1. The molecule has 0 aromatic heterocycles. The largest absolute Gasteiger partial charge is 0.380 e. The summed E-state index contributed by atoms with van der Waals surface area (Å²) in [7, 11) is 5.72. The van der Waals surface area contributed by atoms with Crippen LogP contribution >= 0.6 is 0 Å². The van der Waals surface area contributed by atoms with Gasteiger partial charge in [-0.15, -0.1) is 0 Å². The van der Waals surface area contributed by atoms with Gasteiger partial charge in [-0.3, -0.25) is 9.59 Å². The molecule has 0 aliphatic carbocycles. The summed E-state index contributed by atoms with van der Waals surface area (Å²) in [6.07, 6.45) is -3.42. The molecule has 2 N–H and O–H groups in total. The van der Waals surface area contributed by atoms with E-state index in [-0.39, 0.29) is 0 Å². The van der Waals surface area contributed by atoms with Gasteiger partial charge in [0, 0.05) is 28.2 Å².